The normalized spacial score (nSPS) is 10.4. The van der Waals surface area contributed by atoms with Gasteiger partial charge in [-0.25, -0.2) is 8.78 Å². The summed E-state index contributed by atoms with van der Waals surface area (Å²) in [5, 5.41) is 2.77. The Kier molecular flexibility index (Phi) is 3.52. The first-order valence-corrected chi connectivity index (χ1v) is 6.04. The molecular weight excluding hydrogens is 302 g/mol. The molecule has 2 nitrogen and oxygen atoms in total. The minimum atomic E-state index is -0.459. The molecule has 0 fully saturated rings. The highest BCUT2D eigenvalue weighted by atomic mass is 79.9. The Hall–Kier alpha value is -1.62. The smallest absolute Gasteiger partial charge is 0.146 e. The monoisotopic (exact) mass is 312 g/mol. The zero-order valence-electron chi connectivity index (χ0n) is 9.60. The molecule has 0 spiro atoms. The van der Waals surface area contributed by atoms with Gasteiger partial charge in [0, 0.05) is 6.07 Å². The molecule has 2 aromatic carbocycles. The van der Waals surface area contributed by atoms with Crippen LogP contribution in [-0.2, 0) is 0 Å². The summed E-state index contributed by atoms with van der Waals surface area (Å²) in [6, 6.07) is 7.40. The molecule has 0 bridgehead atoms. The summed E-state index contributed by atoms with van der Waals surface area (Å²) in [5.41, 5.74) is 7.48. The highest BCUT2D eigenvalue weighted by Crippen LogP contribution is 2.30. The number of hydrogen-bond acceptors (Lipinski definition) is 2. The zero-order valence-corrected chi connectivity index (χ0v) is 11.2. The van der Waals surface area contributed by atoms with Crippen LogP contribution in [0.1, 0.15) is 5.56 Å². The van der Waals surface area contributed by atoms with Crippen molar-refractivity contribution in [3.63, 3.8) is 0 Å². The van der Waals surface area contributed by atoms with Crippen LogP contribution in [0.4, 0.5) is 25.8 Å². The van der Waals surface area contributed by atoms with Crippen LogP contribution < -0.4 is 11.1 Å². The lowest BCUT2D eigenvalue weighted by molar-refractivity contribution is 0.621. The van der Waals surface area contributed by atoms with Crippen LogP contribution in [0.2, 0.25) is 0 Å². The topological polar surface area (TPSA) is 38.0 Å². The third kappa shape index (κ3) is 2.61. The Bertz CT molecular complexity index is 600. The quantitative estimate of drug-likeness (QED) is 0.808. The number of aryl methyl sites for hydroxylation is 1. The summed E-state index contributed by atoms with van der Waals surface area (Å²) < 4.78 is 27.3. The lowest BCUT2D eigenvalue weighted by Crippen LogP contribution is -1.99. The molecule has 5 heteroatoms. The lowest BCUT2D eigenvalue weighted by Gasteiger charge is -2.11. The number of benzene rings is 2. The highest BCUT2D eigenvalue weighted by Gasteiger charge is 2.08. The van der Waals surface area contributed by atoms with E-state index in [9.17, 15) is 8.78 Å². The third-order valence-electron chi connectivity index (χ3n) is 2.49. The lowest BCUT2D eigenvalue weighted by atomic mass is 10.2. The number of anilines is 3. The van der Waals surface area contributed by atoms with Crippen molar-refractivity contribution in [1.29, 1.82) is 0 Å². The van der Waals surface area contributed by atoms with Gasteiger partial charge in [0.15, 0.2) is 0 Å². The summed E-state index contributed by atoms with van der Waals surface area (Å²) >= 11 is 3.03. The molecule has 0 atom stereocenters. The Morgan fingerprint density at radius 3 is 2.44 bits per heavy atom. The van der Waals surface area contributed by atoms with E-state index in [1.165, 1.54) is 18.2 Å². The van der Waals surface area contributed by atoms with Gasteiger partial charge in [-0.2, -0.15) is 0 Å². The van der Waals surface area contributed by atoms with Gasteiger partial charge < -0.3 is 11.1 Å². The fourth-order valence-corrected chi connectivity index (χ4v) is 1.90. The standard InChI is InChI=1S/C13H11BrF2N2/c1-7-2-3-12(10(16)4-7)18-13-6-9(15)8(14)5-11(13)17/h2-6,18H,17H2,1H3. The fraction of sp³-hybridized carbons (Fsp3) is 0.0769. The maximum absolute atomic E-state index is 13.6. The van der Waals surface area contributed by atoms with Gasteiger partial charge in [0.2, 0.25) is 0 Å². The molecule has 0 saturated heterocycles. The number of hydrogen-bond donors (Lipinski definition) is 2. The largest absolute Gasteiger partial charge is 0.397 e. The SMILES string of the molecule is Cc1ccc(Nc2cc(F)c(Br)cc2N)c(F)c1. The van der Waals surface area contributed by atoms with Gasteiger partial charge in [-0.05, 0) is 46.6 Å². The fourth-order valence-electron chi connectivity index (χ4n) is 1.54. The van der Waals surface area contributed by atoms with Crippen molar-refractivity contribution in [3.05, 3.63) is 52.0 Å². The van der Waals surface area contributed by atoms with Crippen LogP contribution in [-0.4, -0.2) is 0 Å². The number of nitrogens with one attached hydrogen (secondary N) is 1. The first-order chi connectivity index (χ1) is 8.47. The molecule has 94 valence electrons. The maximum atomic E-state index is 13.6. The molecule has 0 heterocycles. The van der Waals surface area contributed by atoms with E-state index in [0.717, 1.165) is 5.56 Å². The predicted octanol–water partition coefficient (Wildman–Crippen LogP) is 4.36. The zero-order chi connectivity index (χ0) is 13.3. The summed E-state index contributed by atoms with van der Waals surface area (Å²) in [4.78, 5) is 0. The van der Waals surface area contributed by atoms with Gasteiger partial charge in [-0.3, -0.25) is 0 Å². The second kappa shape index (κ2) is 4.94. The average Bonchev–Trinajstić information content (AvgIpc) is 2.29. The molecule has 3 N–H and O–H groups in total. The van der Waals surface area contributed by atoms with E-state index in [4.69, 9.17) is 5.73 Å². The maximum Gasteiger partial charge on any atom is 0.146 e. The molecule has 18 heavy (non-hydrogen) atoms. The number of halogens is 3. The van der Waals surface area contributed by atoms with Crippen molar-refractivity contribution in [2.24, 2.45) is 0 Å². The predicted molar refractivity (Wildman–Crippen MR) is 72.9 cm³/mol. The van der Waals surface area contributed by atoms with Gasteiger partial charge in [-0.15, -0.1) is 0 Å². The Balaban J connectivity index is 2.37. The van der Waals surface area contributed by atoms with Crippen LogP contribution in [0, 0.1) is 18.6 Å². The van der Waals surface area contributed by atoms with Crippen LogP contribution in [0.5, 0.6) is 0 Å². The second-order valence-electron chi connectivity index (χ2n) is 3.96. The summed E-state index contributed by atoms with van der Waals surface area (Å²) in [7, 11) is 0. The molecule has 0 aliphatic carbocycles. The van der Waals surface area contributed by atoms with E-state index in [1.807, 2.05) is 0 Å². The number of rotatable bonds is 2. The summed E-state index contributed by atoms with van der Waals surface area (Å²) in [6.07, 6.45) is 0. The highest BCUT2D eigenvalue weighted by molar-refractivity contribution is 9.10. The molecule has 0 aliphatic rings. The minimum Gasteiger partial charge on any atom is -0.397 e. The van der Waals surface area contributed by atoms with Crippen molar-refractivity contribution >= 4 is 33.0 Å². The van der Waals surface area contributed by atoms with Gasteiger partial charge in [0.05, 0.1) is 21.5 Å². The molecule has 0 aliphatic heterocycles. The first-order valence-electron chi connectivity index (χ1n) is 5.25. The third-order valence-corrected chi connectivity index (χ3v) is 3.09. The van der Waals surface area contributed by atoms with E-state index in [1.54, 1.807) is 19.1 Å². The van der Waals surface area contributed by atoms with Crippen molar-refractivity contribution in [1.82, 2.24) is 0 Å². The van der Waals surface area contributed by atoms with E-state index >= 15 is 0 Å². The molecule has 0 amide bonds. The Morgan fingerprint density at radius 2 is 1.78 bits per heavy atom. The van der Waals surface area contributed by atoms with E-state index in [0.29, 0.717) is 11.4 Å². The van der Waals surface area contributed by atoms with Gasteiger partial charge >= 0.3 is 0 Å². The summed E-state index contributed by atoms with van der Waals surface area (Å²) in [5.74, 6) is -0.864. The van der Waals surface area contributed by atoms with Crippen molar-refractivity contribution < 1.29 is 8.78 Å². The van der Waals surface area contributed by atoms with Crippen molar-refractivity contribution in [2.75, 3.05) is 11.1 Å². The van der Waals surface area contributed by atoms with Gasteiger partial charge in [0.1, 0.15) is 11.6 Å². The second-order valence-corrected chi connectivity index (χ2v) is 4.82. The van der Waals surface area contributed by atoms with E-state index < -0.39 is 11.6 Å². The molecule has 0 radical (unpaired) electrons. The Labute approximate surface area is 112 Å². The Morgan fingerprint density at radius 1 is 1.06 bits per heavy atom. The number of nitrogens with two attached hydrogens (primary N) is 1. The average molecular weight is 313 g/mol. The van der Waals surface area contributed by atoms with Crippen LogP contribution >= 0.6 is 15.9 Å². The van der Waals surface area contributed by atoms with E-state index in [-0.39, 0.29) is 10.2 Å². The number of nitrogen functional groups attached to an aromatic ring is 1. The van der Waals surface area contributed by atoms with Crippen LogP contribution in [0.25, 0.3) is 0 Å². The first kappa shape index (κ1) is 12.8. The van der Waals surface area contributed by atoms with Crippen LogP contribution in [0.15, 0.2) is 34.8 Å². The van der Waals surface area contributed by atoms with Crippen LogP contribution in [0.3, 0.4) is 0 Å². The van der Waals surface area contributed by atoms with Gasteiger partial charge in [-0.1, -0.05) is 6.07 Å². The van der Waals surface area contributed by atoms with Crippen molar-refractivity contribution in [3.8, 4) is 0 Å². The van der Waals surface area contributed by atoms with E-state index in [2.05, 4.69) is 21.2 Å². The van der Waals surface area contributed by atoms with Gasteiger partial charge in [0.25, 0.3) is 0 Å². The molecule has 0 saturated carbocycles. The molecule has 0 unspecified atom stereocenters. The molecule has 0 aromatic heterocycles. The molecular formula is C13H11BrF2N2. The van der Waals surface area contributed by atoms with Crippen molar-refractivity contribution in [2.45, 2.75) is 6.92 Å². The minimum absolute atomic E-state index is 0.258. The summed E-state index contributed by atoms with van der Waals surface area (Å²) in [6.45, 7) is 1.79. The molecule has 2 rings (SSSR count). The molecule has 2 aromatic rings.